The number of para-hydroxylation sites is 2. The van der Waals surface area contributed by atoms with E-state index in [1.54, 1.807) is 67.2 Å². The van der Waals surface area contributed by atoms with Crippen molar-refractivity contribution in [2.24, 2.45) is 0 Å². The molecule has 0 spiro atoms. The van der Waals surface area contributed by atoms with E-state index < -0.39 is 27.3 Å². The first-order valence-corrected chi connectivity index (χ1v) is 12.5. The first kappa shape index (κ1) is 25.7. The van der Waals surface area contributed by atoms with Gasteiger partial charge in [0.15, 0.2) is 25.8 Å². The zero-order valence-electron chi connectivity index (χ0n) is 18.6. The Labute approximate surface area is 201 Å². The zero-order chi connectivity index (χ0) is 23.9. The van der Waals surface area contributed by atoms with E-state index in [4.69, 9.17) is 24.4 Å². The number of carbonyl (C=O) groups excluding carboxylic acids is 1. The van der Waals surface area contributed by atoms with Crippen LogP contribution in [0.25, 0.3) is 0 Å². The quantitative estimate of drug-likeness (QED) is 0.518. The van der Waals surface area contributed by atoms with Gasteiger partial charge in [-0.2, -0.15) is 0 Å². The van der Waals surface area contributed by atoms with Crippen LogP contribution in [-0.2, 0) is 14.6 Å². The lowest BCUT2D eigenvalue weighted by molar-refractivity contribution is -0.115. The van der Waals surface area contributed by atoms with E-state index >= 15 is 0 Å². The van der Waals surface area contributed by atoms with Crippen LogP contribution in [0.3, 0.4) is 0 Å². The van der Waals surface area contributed by atoms with Crippen molar-refractivity contribution in [2.45, 2.75) is 0 Å². The summed E-state index contributed by atoms with van der Waals surface area (Å²) in [5, 5.41) is 0.758. The zero-order valence-corrected chi connectivity index (χ0v) is 21.1. The second kappa shape index (κ2) is 11.3. The van der Waals surface area contributed by atoms with Gasteiger partial charge < -0.3 is 19.6 Å². The second-order valence-corrected chi connectivity index (χ2v) is 10.4. The Balaban J connectivity index is 2.20. The number of carbonyl (C=O) groups is 1. The molecule has 2 rings (SSSR count). The molecule has 0 aliphatic heterocycles. The number of hydrogen-bond donors (Lipinski definition) is 0. The highest BCUT2D eigenvalue weighted by molar-refractivity contribution is 7.92. The fourth-order valence-electron chi connectivity index (χ4n) is 2.92. The average molecular weight is 493 g/mol. The molecule has 0 aliphatic rings. The lowest BCUT2D eigenvalue weighted by Gasteiger charge is -2.30. The summed E-state index contributed by atoms with van der Waals surface area (Å²) in [6.45, 7) is -0.149. The van der Waals surface area contributed by atoms with Gasteiger partial charge in [-0.1, -0.05) is 36.4 Å². The van der Waals surface area contributed by atoms with E-state index in [1.807, 2.05) is 36.4 Å². The van der Waals surface area contributed by atoms with Crippen LogP contribution in [0.4, 0.5) is 11.4 Å². The molecular formula is C22H28N4O3S3. The minimum Gasteiger partial charge on any atom is -0.355 e. The molecule has 0 saturated heterocycles. The highest BCUT2D eigenvalue weighted by Gasteiger charge is 2.26. The summed E-state index contributed by atoms with van der Waals surface area (Å²) in [6.07, 6.45) is 0. The predicted molar refractivity (Wildman–Crippen MR) is 139 cm³/mol. The minimum absolute atomic E-state index is 0.149. The van der Waals surface area contributed by atoms with E-state index in [9.17, 15) is 13.2 Å². The first-order chi connectivity index (χ1) is 15.0. The fraction of sp³-hybridized carbons (Fsp3) is 0.318. The van der Waals surface area contributed by atoms with Crippen LogP contribution in [0.1, 0.15) is 0 Å². The Morgan fingerprint density at radius 2 is 1.16 bits per heavy atom. The van der Waals surface area contributed by atoms with E-state index in [0.717, 1.165) is 5.69 Å². The maximum absolute atomic E-state index is 13.0. The van der Waals surface area contributed by atoms with E-state index in [2.05, 4.69) is 0 Å². The molecule has 0 radical (unpaired) electrons. The molecule has 0 bridgehead atoms. The van der Waals surface area contributed by atoms with Gasteiger partial charge in [0, 0.05) is 39.6 Å². The smallest absolute Gasteiger partial charge is 0.176 e. The maximum atomic E-state index is 13.0. The van der Waals surface area contributed by atoms with Crippen molar-refractivity contribution in [2.75, 3.05) is 56.2 Å². The number of rotatable bonds is 8. The molecule has 0 fully saturated rings. The van der Waals surface area contributed by atoms with Crippen molar-refractivity contribution in [1.29, 1.82) is 0 Å². The summed E-state index contributed by atoms with van der Waals surface area (Å²) in [6, 6.07) is 18.2. The highest BCUT2D eigenvalue weighted by atomic mass is 32.2. The monoisotopic (exact) mass is 492 g/mol. The molecule has 0 N–H and O–H groups in total. The normalized spacial score (nSPS) is 10.9. The topological polar surface area (TPSA) is 64.2 Å². The molecule has 0 amide bonds. The number of sulfone groups is 1. The molecule has 0 unspecified atom stereocenters. The van der Waals surface area contributed by atoms with Gasteiger partial charge in [0.05, 0.1) is 6.54 Å². The first-order valence-electron chi connectivity index (χ1n) is 9.81. The summed E-state index contributed by atoms with van der Waals surface area (Å²) in [7, 11) is 3.24. The molecular weight excluding hydrogens is 464 g/mol. The summed E-state index contributed by atoms with van der Waals surface area (Å²) in [4.78, 5) is 19.3. The number of nitrogens with zero attached hydrogens (tertiary/aromatic N) is 4. The lowest BCUT2D eigenvalue weighted by atomic mass is 10.3. The van der Waals surface area contributed by atoms with Crippen LogP contribution in [0.2, 0.25) is 0 Å². The Hall–Kier alpha value is -2.56. The Bertz CT molecular complexity index is 1040. The van der Waals surface area contributed by atoms with Gasteiger partial charge >= 0.3 is 0 Å². The van der Waals surface area contributed by atoms with Crippen molar-refractivity contribution in [3.05, 3.63) is 60.7 Å². The molecule has 7 nitrogen and oxygen atoms in total. The largest absolute Gasteiger partial charge is 0.355 e. The number of ketones is 1. The third kappa shape index (κ3) is 7.25. The van der Waals surface area contributed by atoms with Crippen LogP contribution in [0, 0.1) is 0 Å². The summed E-state index contributed by atoms with van der Waals surface area (Å²) in [5.74, 6) is -1.48. The second-order valence-electron chi connectivity index (χ2n) is 7.59. The standard InChI is InChI=1S/C22H28N4O3S3/c1-23(2)21(30)25(18-11-7-5-8-12-18)15-20(27)16-32(28,29)17-26(22(31)24(3)4)19-13-9-6-10-14-19/h5-14H,15-17H2,1-4H3. The van der Waals surface area contributed by atoms with Crippen molar-refractivity contribution in [3.8, 4) is 0 Å². The van der Waals surface area contributed by atoms with Crippen molar-refractivity contribution < 1.29 is 13.2 Å². The molecule has 10 heteroatoms. The van der Waals surface area contributed by atoms with Gasteiger partial charge in [-0.3, -0.25) is 4.79 Å². The van der Waals surface area contributed by atoms with Gasteiger partial charge in [-0.15, -0.1) is 0 Å². The number of anilines is 2. The maximum Gasteiger partial charge on any atom is 0.176 e. The van der Waals surface area contributed by atoms with Crippen LogP contribution >= 0.6 is 24.4 Å². The lowest BCUT2D eigenvalue weighted by Crippen LogP contribution is -2.45. The molecule has 0 aromatic heterocycles. The number of benzene rings is 2. The van der Waals surface area contributed by atoms with Gasteiger partial charge in [0.25, 0.3) is 0 Å². The molecule has 0 heterocycles. The summed E-state index contributed by atoms with van der Waals surface area (Å²) < 4.78 is 25.9. The van der Waals surface area contributed by atoms with Gasteiger partial charge in [0.1, 0.15) is 11.6 Å². The molecule has 0 atom stereocenters. The predicted octanol–water partition coefficient (Wildman–Crippen LogP) is 2.63. The van der Waals surface area contributed by atoms with Crippen LogP contribution in [0.15, 0.2) is 60.7 Å². The third-order valence-corrected chi connectivity index (χ3v) is 6.99. The summed E-state index contributed by atoms with van der Waals surface area (Å²) >= 11 is 10.9. The van der Waals surface area contributed by atoms with Gasteiger partial charge in [0.2, 0.25) is 0 Å². The van der Waals surface area contributed by atoms with Crippen molar-refractivity contribution >= 4 is 61.7 Å². The SMILES string of the molecule is CN(C)C(=S)N(CC(=O)CS(=O)(=O)CN(C(=S)N(C)C)c1ccccc1)c1ccccc1. The van der Waals surface area contributed by atoms with Gasteiger partial charge in [-0.05, 0) is 48.7 Å². The van der Waals surface area contributed by atoms with Gasteiger partial charge in [-0.25, -0.2) is 8.42 Å². The molecule has 32 heavy (non-hydrogen) atoms. The Morgan fingerprint density at radius 1 is 0.750 bits per heavy atom. The third-order valence-electron chi connectivity index (χ3n) is 4.40. The van der Waals surface area contributed by atoms with Crippen LogP contribution in [0.5, 0.6) is 0 Å². The summed E-state index contributed by atoms with van der Waals surface area (Å²) in [5.41, 5.74) is 1.36. The van der Waals surface area contributed by atoms with E-state index in [0.29, 0.717) is 15.9 Å². The Morgan fingerprint density at radius 3 is 1.59 bits per heavy atom. The van der Waals surface area contributed by atoms with E-state index in [-0.39, 0.29) is 6.54 Å². The molecule has 2 aromatic carbocycles. The molecule has 0 saturated carbocycles. The van der Waals surface area contributed by atoms with Crippen LogP contribution < -0.4 is 9.80 Å². The molecule has 0 aliphatic carbocycles. The average Bonchev–Trinajstić information content (AvgIpc) is 2.75. The number of hydrogen-bond acceptors (Lipinski definition) is 5. The van der Waals surface area contributed by atoms with Crippen molar-refractivity contribution in [1.82, 2.24) is 9.80 Å². The van der Waals surface area contributed by atoms with Crippen LogP contribution in [-0.4, -0.2) is 80.6 Å². The number of Topliss-reactive ketones (excluding diaryl/α,β-unsaturated/α-hetero) is 1. The van der Waals surface area contributed by atoms with Crippen molar-refractivity contribution in [3.63, 3.8) is 0 Å². The molecule has 2 aromatic rings. The number of thiocarbonyl (C=S) groups is 2. The minimum atomic E-state index is -3.80. The molecule has 172 valence electrons. The van der Waals surface area contributed by atoms with E-state index in [1.165, 1.54) is 4.90 Å². The fourth-order valence-corrected chi connectivity index (χ4v) is 4.68. The highest BCUT2D eigenvalue weighted by Crippen LogP contribution is 2.18. The Kier molecular flexibility index (Phi) is 9.11.